The molecule has 3 rings (SSSR count). The second kappa shape index (κ2) is 5.95. The fourth-order valence-corrected chi connectivity index (χ4v) is 4.39. The van der Waals surface area contributed by atoms with Crippen LogP contribution < -0.4 is 10.2 Å². The van der Waals surface area contributed by atoms with Gasteiger partial charge in [0, 0.05) is 19.6 Å². The highest BCUT2D eigenvalue weighted by molar-refractivity contribution is 6.33. The minimum atomic E-state index is 0.668. The van der Waals surface area contributed by atoms with Gasteiger partial charge in [-0.3, -0.25) is 0 Å². The molecule has 2 aliphatic rings. The number of nitrogens with zero attached hydrogens (tertiary/aromatic N) is 1. The van der Waals surface area contributed by atoms with Gasteiger partial charge in [0.1, 0.15) is 0 Å². The number of anilines is 1. The van der Waals surface area contributed by atoms with E-state index in [1.165, 1.54) is 62.9 Å². The van der Waals surface area contributed by atoms with Crippen molar-refractivity contribution in [1.82, 2.24) is 5.32 Å². The first kappa shape index (κ1) is 14.2. The first-order chi connectivity index (χ1) is 9.74. The average molecular weight is 293 g/mol. The normalized spacial score (nSPS) is 21.6. The molecule has 0 unspecified atom stereocenters. The molecule has 1 aliphatic heterocycles. The van der Waals surface area contributed by atoms with Crippen molar-refractivity contribution in [2.24, 2.45) is 5.41 Å². The van der Waals surface area contributed by atoms with Gasteiger partial charge in [0.25, 0.3) is 0 Å². The Kier molecular flexibility index (Phi) is 4.23. The Labute approximate surface area is 127 Å². The summed E-state index contributed by atoms with van der Waals surface area (Å²) < 4.78 is 0. The molecule has 1 saturated carbocycles. The Bertz CT molecular complexity index is 456. The number of para-hydroxylation sites is 1. The second-order valence-corrected chi connectivity index (χ2v) is 6.88. The molecule has 1 aliphatic carbocycles. The highest BCUT2D eigenvalue weighted by Crippen LogP contribution is 2.47. The zero-order valence-electron chi connectivity index (χ0n) is 12.4. The summed E-state index contributed by atoms with van der Waals surface area (Å²) >= 11 is 6.48. The van der Waals surface area contributed by atoms with Crippen LogP contribution in [0.3, 0.4) is 0 Å². The molecule has 0 bridgehead atoms. The van der Waals surface area contributed by atoms with E-state index < -0.39 is 0 Å². The molecule has 1 N–H and O–H groups in total. The molecule has 1 aromatic rings. The van der Waals surface area contributed by atoms with Crippen LogP contribution in [0.15, 0.2) is 18.2 Å². The molecule has 0 aromatic heterocycles. The molecule has 1 saturated heterocycles. The van der Waals surface area contributed by atoms with E-state index in [0.29, 0.717) is 5.41 Å². The van der Waals surface area contributed by atoms with Gasteiger partial charge >= 0.3 is 0 Å². The maximum atomic E-state index is 6.48. The smallest absolute Gasteiger partial charge is 0.0642 e. The van der Waals surface area contributed by atoms with Crippen LogP contribution in [0.25, 0.3) is 0 Å². The number of hydrogen-bond donors (Lipinski definition) is 1. The molecule has 0 radical (unpaired) electrons. The van der Waals surface area contributed by atoms with Gasteiger partial charge in [-0.1, -0.05) is 36.6 Å². The minimum Gasteiger partial charge on any atom is -0.370 e. The molecular weight excluding hydrogens is 268 g/mol. The van der Waals surface area contributed by atoms with Gasteiger partial charge in [-0.05, 0) is 49.8 Å². The zero-order valence-corrected chi connectivity index (χ0v) is 13.2. The van der Waals surface area contributed by atoms with Crippen molar-refractivity contribution in [3.05, 3.63) is 28.8 Å². The first-order valence-electron chi connectivity index (χ1n) is 7.91. The molecule has 20 heavy (non-hydrogen) atoms. The summed E-state index contributed by atoms with van der Waals surface area (Å²) in [5, 5.41) is 4.16. The summed E-state index contributed by atoms with van der Waals surface area (Å²) in [5.74, 6) is 0. The molecule has 110 valence electrons. The van der Waals surface area contributed by atoms with Gasteiger partial charge < -0.3 is 10.2 Å². The molecule has 3 heteroatoms. The van der Waals surface area contributed by atoms with Crippen LogP contribution in [0.1, 0.15) is 44.1 Å². The van der Waals surface area contributed by atoms with E-state index >= 15 is 0 Å². The fourth-order valence-electron chi connectivity index (χ4n) is 4.08. The second-order valence-electron chi connectivity index (χ2n) is 6.47. The maximum Gasteiger partial charge on any atom is 0.0642 e. The molecule has 0 amide bonds. The Morgan fingerprint density at radius 3 is 2.50 bits per heavy atom. The predicted molar refractivity (Wildman–Crippen MR) is 86.6 cm³/mol. The van der Waals surface area contributed by atoms with Crippen molar-refractivity contribution in [1.29, 1.82) is 0 Å². The third-order valence-corrected chi connectivity index (χ3v) is 5.55. The number of nitrogens with one attached hydrogen (secondary N) is 1. The van der Waals surface area contributed by atoms with Crippen LogP contribution in [0.5, 0.6) is 0 Å². The van der Waals surface area contributed by atoms with Crippen LogP contribution in [0, 0.1) is 5.41 Å². The van der Waals surface area contributed by atoms with E-state index in [1.54, 1.807) is 0 Å². The number of hydrogen-bond acceptors (Lipinski definition) is 2. The lowest BCUT2D eigenvalue weighted by Crippen LogP contribution is -2.39. The van der Waals surface area contributed by atoms with Crippen molar-refractivity contribution in [3.8, 4) is 0 Å². The van der Waals surface area contributed by atoms with Crippen molar-refractivity contribution in [3.63, 3.8) is 0 Å². The van der Waals surface area contributed by atoms with Crippen molar-refractivity contribution in [2.45, 2.75) is 45.1 Å². The lowest BCUT2D eigenvalue weighted by Gasteiger charge is -2.41. The zero-order chi connectivity index (χ0) is 14.0. The van der Waals surface area contributed by atoms with E-state index in [9.17, 15) is 0 Å². The van der Waals surface area contributed by atoms with Gasteiger partial charge in [-0.25, -0.2) is 0 Å². The summed E-state index contributed by atoms with van der Waals surface area (Å²) in [4.78, 5) is 2.51. The van der Waals surface area contributed by atoms with Crippen molar-refractivity contribution < 1.29 is 0 Å². The summed E-state index contributed by atoms with van der Waals surface area (Å²) in [5.41, 5.74) is 3.25. The van der Waals surface area contributed by atoms with E-state index in [2.05, 4.69) is 22.3 Å². The van der Waals surface area contributed by atoms with Crippen molar-refractivity contribution in [2.75, 3.05) is 25.0 Å². The van der Waals surface area contributed by atoms with E-state index in [4.69, 9.17) is 11.6 Å². The van der Waals surface area contributed by atoms with Gasteiger partial charge in [-0.2, -0.15) is 0 Å². The Morgan fingerprint density at radius 2 is 1.85 bits per heavy atom. The van der Waals surface area contributed by atoms with E-state index in [1.807, 2.05) is 13.1 Å². The van der Waals surface area contributed by atoms with Crippen LogP contribution in [-0.4, -0.2) is 20.1 Å². The Hall–Kier alpha value is -0.730. The largest absolute Gasteiger partial charge is 0.370 e. The van der Waals surface area contributed by atoms with Crippen LogP contribution in [-0.2, 0) is 6.54 Å². The predicted octanol–water partition coefficient (Wildman–Crippen LogP) is 4.22. The maximum absolute atomic E-state index is 6.48. The highest BCUT2D eigenvalue weighted by Gasteiger charge is 2.37. The third kappa shape index (κ3) is 2.68. The minimum absolute atomic E-state index is 0.668. The number of piperidine rings is 1. The molecule has 2 fully saturated rings. The van der Waals surface area contributed by atoms with Gasteiger partial charge in [0.15, 0.2) is 0 Å². The quantitative estimate of drug-likeness (QED) is 0.897. The summed E-state index contributed by atoms with van der Waals surface area (Å²) in [6.45, 7) is 3.22. The molecule has 1 aromatic carbocycles. The number of rotatable bonds is 3. The van der Waals surface area contributed by atoms with Crippen LogP contribution in [0.2, 0.25) is 5.02 Å². The molecule has 1 heterocycles. The fraction of sp³-hybridized carbons (Fsp3) is 0.647. The van der Waals surface area contributed by atoms with E-state index in [-0.39, 0.29) is 0 Å². The monoisotopic (exact) mass is 292 g/mol. The Balaban J connectivity index is 1.77. The summed E-state index contributed by atoms with van der Waals surface area (Å²) in [7, 11) is 1.99. The topological polar surface area (TPSA) is 15.3 Å². The summed E-state index contributed by atoms with van der Waals surface area (Å²) in [6, 6.07) is 6.27. The lowest BCUT2D eigenvalue weighted by molar-refractivity contribution is 0.226. The van der Waals surface area contributed by atoms with E-state index in [0.717, 1.165) is 11.6 Å². The standard InChI is InChI=1S/C17H25ClN2/c1-19-13-14-5-4-6-15(18)16(14)20-11-9-17(10-12-20)7-2-3-8-17/h4-6,19H,2-3,7-13H2,1H3. The first-order valence-corrected chi connectivity index (χ1v) is 8.29. The van der Waals surface area contributed by atoms with Gasteiger partial charge in [-0.15, -0.1) is 0 Å². The van der Waals surface area contributed by atoms with Crippen LogP contribution >= 0.6 is 11.6 Å². The molecule has 1 spiro atoms. The van der Waals surface area contributed by atoms with Gasteiger partial charge in [0.2, 0.25) is 0 Å². The summed E-state index contributed by atoms with van der Waals surface area (Å²) in [6.07, 6.45) is 8.47. The third-order valence-electron chi connectivity index (χ3n) is 5.24. The lowest BCUT2D eigenvalue weighted by atomic mass is 9.77. The SMILES string of the molecule is CNCc1cccc(Cl)c1N1CCC2(CCCC2)CC1. The molecule has 0 atom stereocenters. The van der Waals surface area contributed by atoms with Crippen LogP contribution in [0.4, 0.5) is 5.69 Å². The Morgan fingerprint density at radius 1 is 1.15 bits per heavy atom. The molecular formula is C17H25ClN2. The number of halogens is 1. The van der Waals surface area contributed by atoms with Crippen molar-refractivity contribution >= 4 is 17.3 Å². The highest BCUT2D eigenvalue weighted by atomic mass is 35.5. The number of benzene rings is 1. The average Bonchev–Trinajstić information content (AvgIpc) is 2.90. The van der Waals surface area contributed by atoms with Gasteiger partial charge in [0.05, 0.1) is 10.7 Å². The molecule has 2 nitrogen and oxygen atoms in total.